The van der Waals surface area contributed by atoms with Gasteiger partial charge in [0.25, 0.3) is 0 Å². The second kappa shape index (κ2) is 10.4. The average Bonchev–Trinajstić information content (AvgIpc) is 2.86. The molecule has 32 heavy (non-hydrogen) atoms. The van der Waals surface area contributed by atoms with Crippen molar-refractivity contribution in [2.45, 2.75) is 81.8 Å². The summed E-state index contributed by atoms with van der Waals surface area (Å²) < 4.78 is 30.9. The second-order valence-electron chi connectivity index (χ2n) is 8.87. The normalized spacial score (nSPS) is 33.5. The second-order valence-corrected chi connectivity index (χ2v) is 8.87. The predicted molar refractivity (Wildman–Crippen MR) is 118 cm³/mol. The van der Waals surface area contributed by atoms with Gasteiger partial charge in [-0.25, -0.2) is 0 Å². The summed E-state index contributed by atoms with van der Waals surface area (Å²) in [5.41, 5.74) is 1.97. The van der Waals surface area contributed by atoms with Crippen molar-refractivity contribution in [3.8, 4) is 0 Å². The molecule has 2 aromatic rings. The monoisotopic (exact) mass is 440 g/mol. The molecule has 6 heteroatoms. The lowest BCUT2D eigenvalue weighted by Gasteiger charge is -2.48. The Morgan fingerprint density at radius 1 is 0.875 bits per heavy atom. The van der Waals surface area contributed by atoms with Crippen molar-refractivity contribution in [2.75, 3.05) is 6.61 Å². The van der Waals surface area contributed by atoms with Crippen molar-refractivity contribution in [3.63, 3.8) is 0 Å². The molecule has 3 fully saturated rings. The molecule has 0 bridgehead atoms. The number of hydrogen-bond acceptors (Lipinski definition) is 6. The van der Waals surface area contributed by atoms with Gasteiger partial charge in [0.2, 0.25) is 0 Å². The fraction of sp³-hybridized carbons (Fsp3) is 0.538. The highest BCUT2D eigenvalue weighted by molar-refractivity contribution is 5.17. The molecule has 6 atom stereocenters. The molecule has 0 aromatic heterocycles. The molecule has 2 aliphatic heterocycles. The Morgan fingerprint density at radius 3 is 2.34 bits per heavy atom. The van der Waals surface area contributed by atoms with E-state index in [0.29, 0.717) is 13.2 Å². The van der Waals surface area contributed by atoms with Crippen LogP contribution in [-0.4, -0.2) is 48.5 Å². The van der Waals surface area contributed by atoms with E-state index >= 15 is 0 Å². The third kappa shape index (κ3) is 5.06. The third-order valence-electron chi connectivity index (χ3n) is 6.54. The molecule has 2 saturated heterocycles. The van der Waals surface area contributed by atoms with E-state index in [-0.39, 0.29) is 12.2 Å². The molecule has 172 valence electrons. The first-order valence-electron chi connectivity index (χ1n) is 11.7. The van der Waals surface area contributed by atoms with Gasteiger partial charge in [0.1, 0.15) is 24.4 Å². The summed E-state index contributed by atoms with van der Waals surface area (Å²) in [5, 5.41) is 11.2. The Hall–Kier alpha value is -1.80. The summed E-state index contributed by atoms with van der Waals surface area (Å²) in [4.78, 5) is 0. The fourth-order valence-electron chi connectivity index (χ4n) is 4.80. The van der Waals surface area contributed by atoms with E-state index in [1.54, 1.807) is 0 Å². The fourth-order valence-corrected chi connectivity index (χ4v) is 4.80. The standard InChI is InChI=1S/C26H32O6/c27-22-24(28-16-18-10-4-1-5-11-18)23-21(31-26(22)30-20-14-8-3-9-15-20)17-29-25(32-23)19-12-6-2-7-13-19/h1-2,4-7,10-13,20-27H,3,8-9,14-17H2/t21-,22+,23-,24-,25-,26+/m1/s1. The van der Waals surface area contributed by atoms with Gasteiger partial charge in [0, 0.05) is 5.56 Å². The third-order valence-corrected chi connectivity index (χ3v) is 6.54. The van der Waals surface area contributed by atoms with Gasteiger partial charge in [0.05, 0.1) is 19.3 Å². The number of ether oxygens (including phenoxy) is 5. The van der Waals surface area contributed by atoms with Gasteiger partial charge < -0.3 is 28.8 Å². The van der Waals surface area contributed by atoms with Gasteiger partial charge in [0.15, 0.2) is 12.6 Å². The molecule has 0 spiro atoms. The zero-order chi connectivity index (χ0) is 21.8. The summed E-state index contributed by atoms with van der Waals surface area (Å²) >= 11 is 0. The largest absolute Gasteiger partial charge is 0.385 e. The summed E-state index contributed by atoms with van der Waals surface area (Å²) in [6, 6.07) is 19.8. The van der Waals surface area contributed by atoms with Crippen molar-refractivity contribution < 1.29 is 28.8 Å². The molecule has 0 amide bonds. The van der Waals surface area contributed by atoms with Crippen LogP contribution >= 0.6 is 0 Å². The molecule has 1 N–H and O–H groups in total. The minimum Gasteiger partial charge on any atom is -0.385 e. The van der Waals surface area contributed by atoms with Gasteiger partial charge >= 0.3 is 0 Å². The lowest BCUT2D eigenvalue weighted by molar-refractivity contribution is -0.372. The number of aliphatic hydroxyl groups excluding tert-OH is 1. The first-order valence-corrected chi connectivity index (χ1v) is 11.7. The van der Waals surface area contributed by atoms with Crippen molar-refractivity contribution in [3.05, 3.63) is 71.8 Å². The van der Waals surface area contributed by atoms with Crippen LogP contribution in [0.15, 0.2) is 60.7 Å². The number of aliphatic hydroxyl groups is 1. The van der Waals surface area contributed by atoms with Crippen LogP contribution in [0, 0.1) is 0 Å². The van der Waals surface area contributed by atoms with Crippen LogP contribution in [0.5, 0.6) is 0 Å². The van der Waals surface area contributed by atoms with Crippen LogP contribution in [0.3, 0.4) is 0 Å². The Morgan fingerprint density at radius 2 is 1.59 bits per heavy atom. The van der Waals surface area contributed by atoms with Crippen LogP contribution in [0.25, 0.3) is 0 Å². The Kier molecular flexibility index (Phi) is 7.17. The number of rotatable bonds is 6. The van der Waals surface area contributed by atoms with Gasteiger partial charge in [-0.3, -0.25) is 0 Å². The van der Waals surface area contributed by atoms with Crippen LogP contribution in [0.1, 0.15) is 49.5 Å². The SMILES string of the molecule is O[C@@H]1[C@@H](OC2CCCCC2)O[C@@H]2CO[C@@H](c3ccccc3)O[C@H]2[C@@H]1OCc1ccccc1. The predicted octanol–water partition coefficient (Wildman–Crippen LogP) is 4.12. The summed E-state index contributed by atoms with van der Waals surface area (Å²) in [6.45, 7) is 0.731. The molecule has 1 aliphatic carbocycles. The average molecular weight is 441 g/mol. The highest BCUT2D eigenvalue weighted by atomic mass is 16.8. The van der Waals surface area contributed by atoms with Crippen molar-refractivity contribution in [1.82, 2.24) is 0 Å². The maximum atomic E-state index is 11.2. The molecule has 1 saturated carbocycles. The Balaban J connectivity index is 1.32. The lowest BCUT2D eigenvalue weighted by atomic mass is 9.95. The maximum Gasteiger partial charge on any atom is 0.186 e. The summed E-state index contributed by atoms with van der Waals surface area (Å²) in [7, 11) is 0. The van der Waals surface area contributed by atoms with Crippen LogP contribution in [0.4, 0.5) is 0 Å². The molecule has 2 heterocycles. The first-order chi connectivity index (χ1) is 15.8. The smallest absolute Gasteiger partial charge is 0.186 e. The van der Waals surface area contributed by atoms with Crippen LogP contribution in [0.2, 0.25) is 0 Å². The van der Waals surface area contributed by atoms with E-state index in [1.807, 2.05) is 60.7 Å². The highest BCUT2D eigenvalue weighted by Gasteiger charge is 2.51. The molecule has 6 nitrogen and oxygen atoms in total. The molecular formula is C26H32O6. The topological polar surface area (TPSA) is 66.4 Å². The van der Waals surface area contributed by atoms with Crippen molar-refractivity contribution in [2.24, 2.45) is 0 Å². The van der Waals surface area contributed by atoms with Crippen molar-refractivity contribution in [1.29, 1.82) is 0 Å². The number of benzene rings is 2. The first kappa shape index (κ1) is 22.0. The highest BCUT2D eigenvalue weighted by Crippen LogP contribution is 2.37. The zero-order valence-corrected chi connectivity index (χ0v) is 18.3. The minimum absolute atomic E-state index is 0.109. The number of fused-ring (bicyclic) bond motifs is 1. The number of hydrogen-bond donors (Lipinski definition) is 1. The van der Waals surface area contributed by atoms with Crippen LogP contribution in [-0.2, 0) is 30.3 Å². The van der Waals surface area contributed by atoms with E-state index in [9.17, 15) is 5.11 Å². The van der Waals surface area contributed by atoms with Gasteiger partial charge in [-0.05, 0) is 18.4 Å². The molecule has 3 aliphatic rings. The van der Waals surface area contributed by atoms with Crippen molar-refractivity contribution >= 4 is 0 Å². The summed E-state index contributed by atoms with van der Waals surface area (Å²) in [6.07, 6.45) is 2.02. The van der Waals surface area contributed by atoms with Crippen LogP contribution < -0.4 is 0 Å². The summed E-state index contributed by atoms with van der Waals surface area (Å²) in [5.74, 6) is 0. The zero-order valence-electron chi connectivity index (χ0n) is 18.3. The Bertz CT molecular complexity index is 825. The van der Waals surface area contributed by atoms with Gasteiger partial charge in [-0.2, -0.15) is 0 Å². The van der Waals surface area contributed by atoms with E-state index in [2.05, 4.69) is 0 Å². The van der Waals surface area contributed by atoms with Gasteiger partial charge in [-0.15, -0.1) is 0 Å². The molecule has 5 rings (SSSR count). The molecule has 2 aromatic carbocycles. The molecular weight excluding hydrogens is 408 g/mol. The molecule has 0 unspecified atom stereocenters. The maximum absolute atomic E-state index is 11.2. The quantitative estimate of drug-likeness (QED) is 0.729. The van der Waals surface area contributed by atoms with E-state index < -0.39 is 30.9 Å². The van der Waals surface area contributed by atoms with Gasteiger partial charge in [-0.1, -0.05) is 79.9 Å². The minimum atomic E-state index is -0.948. The lowest BCUT2D eigenvalue weighted by Crippen LogP contribution is -2.63. The van der Waals surface area contributed by atoms with E-state index in [0.717, 1.165) is 36.8 Å². The van der Waals surface area contributed by atoms with E-state index in [4.69, 9.17) is 23.7 Å². The Labute approximate surface area is 189 Å². The van der Waals surface area contributed by atoms with E-state index in [1.165, 1.54) is 6.42 Å². The molecule has 0 radical (unpaired) electrons.